The molecule has 1 fully saturated rings. The van der Waals surface area contributed by atoms with E-state index in [-0.39, 0.29) is 29.8 Å². The number of nitrogens with one attached hydrogen (secondary N) is 1. The number of sulfonamides is 1. The first-order chi connectivity index (χ1) is 14.9. The van der Waals surface area contributed by atoms with Gasteiger partial charge in [0, 0.05) is 45.2 Å². The van der Waals surface area contributed by atoms with E-state index in [9.17, 15) is 18.0 Å². The molecule has 0 bridgehead atoms. The van der Waals surface area contributed by atoms with Crippen LogP contribution in [-0.2, 0) is 19.6 Å². The van der Waals surface area contributed by atoms with E-state index in [4.69, 9.17) is 4.74 Å². The summed E-state index contributed by atoms with van der Waals surface area (Å²) >= 11 is 0. The maximum atomic E-state index is 12.9. The van der Waals surface area contributed by atoms with Crippen LogP contribution < -0.4 is 10.1 Å². The van der Waals surface area contributed by atoms with Crippen molar-refractivity contribution in [1.29, 1.82) is 0 Å². The average Bonchev–Trinajstić information content (AvgIpc) is 2.77. The summed E-state index contributed by atoms with van der Waals surface area (Å²) in [6, 6.07) is 15.5. The predicted molar refractivity (Wildman–Crippen MR) is 117 cm³/mol. The minimum Gasteiger partial charge on any atom is -0.494 e. The molecule has 8 nitrogen and oxygen atoms in total. The molecule has 0 aromatic heterocycles. The number of anilines is 1. The number of ether oxygens (including phenoxy) is 1. The van der Waals surface area contributed by atoms with Gasteiger partial charge in [0.15, 0.2) is 0 Å². The number of piperazine rings is 1. The van der Waals surface area contributed by atoms with Crippen molar-refractivity contribution >= 4 is 27.5 Å². The minimum absolute atomic E-state index is 0.00775. The van der Waals surface area contributed by atoms with Gasteiger partial charge < -0.3 is 15.0 Å². The van der Waals surface area contributed by atoms with E-state index in [0.717, 1.165) is 5.75 Å². The first-order valence-corrected chi connectivity index (χ1v) is 11.6. The van der Waals surface area contributed by atoms with Gasteiger partial charge in [-0.1, -0.05) is 18.2 Å². The Morgan fingerprint density at radius 1 is 0.968 bits per heavy atom. The number of hydrogen-bond acceptors (Lipinski definition) is 5. The SMILES string of the molecule is CC(=O)Nc1ccc(S(=O)(=O)N2CCN(C(=O)CCCOc3ccccc3)CC2)cc1. The lowest BCUT2D eigenvalue weighted by molar-refractivity contribution is -0.132. The van der Waals surface area contributed by atoms with Gasteiger partial charge in [-0.05, 0) is 42.8 Å². The highest BCUT2D eigenvalue weighted by Crippen LogP contribution is 2.20. The quantitative estimate of drug-likeness (QED) is 0.629. The zero-order valence-electron chi connectivity index (χ0n) is 17.5. The Kier molecular flexibility index (Phi) is 7.64. The van der Waals surface area contributed by atoms with Crippen molar-refractivity contribution in [3.05, 3.63) is 54.6 Å². The highest BCUT2D eigenvalue weighted by Gasteiger charge is 2.29. The van der Waals surface area contributed by atoms with Gasteiger partial charge in [0.1, 0.15) is 5.75 Å². The molecule has 0 unspecified atom stereocenters. The van der Waals surface area contributed by atoms with Crippen LogP contribution in [-0.4, -0.2) is 62.2 Å². The smallest absolute Gasteiger partial charge is 0.243 e. The average molecular weight is 446 g/mol. The van der Waals surface area contributed by atoms with Crippen molar-refractivity contribution in [3.63, 3.8) is 0 Å². The molecule has 1 aliphatic heterocycles. The van der Waals surface area contributed by atoms with Gasteiger partial charge in [-0.15, -0.1) is 0 Å². The second-order valence-electron chi connectivity index (χ2n) is 7.26. The van der Waals surface area contributed by atoms with Crippen LogP contribution in [0, 0.1) is 0 Å². The molecule has 1 aliphatic rings. The molecule has 0 radical (unpaired) electrons. The first kappa shape index (κ1) is 22.8. The third-order valence-electron chi connectivity index (χ3n) is 4.95. The van der Waals surface area contributed by atoms with Crippen molar-refractivity contribution < 1.29 is 22.7 Å². The Bertz CT molecular complexity index is 986. The van der Waals surface area contributed by atoms with Gasteiger partial charge in [0.25, 0.3) is 0 Å². The fourth-order valence-electron chi connectivity index (χ4n) is 3.33. The van der Waals surface area contributed by atoms with E-state index in [1.165, 1.54) is 23.4 Å². The lowest BCUT2D eigenvalue weighted by Crippen LogP contribution is -2.50. The van der Waals surface area contributed by atoms with Crippen LogP contribution in [0.4, 0.5) is 5.69 Å². The summed E-state index contributed by atoms with van der Waals surface area (Å²) in [6.45, 7) is 3.08. The number of hydrogen-bond donors (Lipinski definition) is 1. The van der Waals surface area contributed by atoms with Gasteiger partial charge in [0.05, 0.1) is 11.5 Å². The van der Waals surface area contributed by atoms with E-state index in [1.54, 1.807) is 17.0 Å². The summed E-state index contributed by atoms with van der Waals surface area (Å²) in [4.78, 5) is 25.4. The monoisotopic (exact) mass is 445 g/mol. The number of benzene rings is 2. The van der Waals surface area contributed by atoms with Crippen molar-refractivity contribution in [2.45, 2.75) is 24.7 Å². The molecule has 2 aromatic rings. The fourth-order valence-corrected chi connectivity index (χ4v) is 4.75. The Hall–Kier alpha value is -2.91. The maximum absolute atomic E-state index is 12.9. The van der Waals surface area contributed by atoms with Gasteiger partial charge in [-0.2, -0.15) is 4.31 Å². The van der Waals surface area contributed by atoms with Crippen molar-refractivity contribution in [2.75, 3.05) is 38.1 Å². The normalized spacial score (nSPS) is 14.8. The highest BCUT2D eigenvalue weighted by atomic mass is 32.2. The first-order valence-electron chi connectivity index (χ1n) is 10.2. The molecular formula is C22H27N3O5S. The van der Waals surface area contributed by atoms with Crippen molar-refractivity contribution in [3.8, 4) is 5.75 Å². The molecule has 0 spiro atoms. The lowest BCUT2D eigenvalue weighted by Gasteiger charge is -2.34. The maximum Gasteiger partial charge on any atom is 0.243 e. The van der Waals surface area contributed by atoms with Crippen LogP contribution in [0.3, 0.4) is 0 Å². The van der Waals surface area contributed by atoms with E-state index >= 15 is 0 Å². The summed E-state index contributed by atoms with van der Waals surface area (Å²) < 4.78 is 32.7. The lowest BCUT2D eigenvalue weighted by atomic mass is 10.2. The zero-order valence-corrected chi connectivity index (χ0v) is 18.3. The number of rotatable bonds is 8. The Morgan fingerprint density at radius 3 is 2.23 bits per heavy atom. The van der Waals surface area contributed by atoms with Crippen LogP contribution in [0.25, 0.3) is 0 Å². The molecule has 1 N–H and O–H groups in total. The molecule has 166 valence electrons. The molecule has 0 aliphatic carbocycles. The number of carbonyl (C=O) groups excluding carboxylic acids is 2. The number of amides is 2. The van der Waals surface area contributed by atoms with Gasteiger partial charge in [0.2, 0.25) is 21.8 Å². The van der Waals surface area contributed by atoms with Crippen LogP contribution in [0.2, 0.25) is 0 Å². The number of para-hydroxylation sites is 1. The molecule has 0 saturated carbocycles. The van der Waals surface area contributed by atoms with E-state index in [0.29, 0.717) is 38.2 Å². The summed E-state index contributed by atoms with van der Waals surface area (Å²) in [5.74, 6) is 0.565. The predicted octanol–water partition coefficient (Wildman–Crippen LogP) is 2.34. The molecule has 2 aromatic carbocycles. The van der Waals surface area contributed by atoms with E-state index in [1.807, 2.05) is 30.3 Å². The van der Waals surface area contributed by atoms with Gasteiger partial charge >= 0.3 is 0 Å². The molecule has 0 atom stereocenters. The van der Waals surface area contributed by atoms with E-state index in [2.05, 4.69) is 5.32 Å². The molecule has 9 heteroatoms. The van der Waals surface area contributed by atoms with Gasteiger partial charge in [-0.25, -0.2) is 8.42 Å². The molecule has 1 heterocycles. The minimum atomic E-state index is -3.65. The van der Waals surface area contributed by atoms with Crippen LogP contribution in [0.15, 0.2) is 59.5 Å². The summed E-state index contributed by atoms with van der Waals surface area (Å²) in [5.41, 5.74) is 0.540. The number of carbonyl (C=O) groups is 2. The standard InChI is InChI=1S/C22H27N3O5S/c1-18(26)23-19-9-11-21(12-10-19)31(28,29)25-15-13-24(14-16-25)22(27)8-5-17-30-20-6-3-2-4-7-20/h2-4,6-7,9-12H,5,8,13-17H2,1H3,(H,23,26). The fraction of sp³-hybridized carbons (Fsp3) is 0.364. The number of nitrogens with zero attached hydrogens (tertiary/aromatic N) is 2. The second-order valence-corrected chi connectivity index (χ2v) is 9.19. The Morgan fingerprint density at radius 2 is 1.61 bits per heavy atom. The largest absolute Gasteiger partial charge is 0.494 e. The topological polar surface area (TPSA) is 96.0 Å². The van der Waals surface area contributed by atoms with Crippen molar-refractivity contribution in [2.24, 2.45) is 0 Å². The van der Waals surface area contributed by atoms with Crippen LogP contribution in [0.1, 0.15) is 19.8 Å². The molecular weight excluding hydrogens is 418 g/mol. The summed E-state index contributed by atoms with van der Waals surface area (Å²) in [6.07, 6.45) is 0.969. The summed E-state index contributed by atoms with van der Waals surface area (Å²) in [7, 11) is -3.65. The Labute approximate surface area is 182 Å². The molecule has 1 saturated heterocycles. The van der Waals surface area contributed by atoms with Crippen molar-refractivity contribution in [1.82, 2.24) is 9.21 Å². The zero-order chi connectivity index (χ0) is 22.3. The molecule has 3 rings (SSSR count). The third kappa shape index (κ3) is 6.28. The van der Waals surface area contributed by atoms with Crippen LogP contribution in [0.5, 0.6) is 5.75 Å². The summed E-state index contributed by atoms with van der Waals surface area (Å²) in [5, 5.41) is 2.61. The van der Waals surface area contributed by atoms with E-state index < -0.39 is 10.0 Å². The molecule has 2 amide bonds. The second kappa shape index (κ2) is 10.4. The Balaban J connectivity index is 1.45. The molecule has 31 heavy (non-hydrogen) atoms. The van der Waals surface area contributed by atoms with Crippen LogP contribution >= 0.6 is 0 Å². The third-order valence-corrected chi connectivity index (χ3v) is 6.86. The highest BCUT2D eigenvalue weighted by molar-refractivity contribution is 7.89. The van der Waals surface area contributed by atoms with Gasteiger partial charge in [-0.3, -0.25) is 9.59 Å².